The Bertz CT molecular complexity index is 1160. The van der Waals surface area contributed by atoms with Gasteiger partial charge in [0.1, 0.15) is 5.52 Å². The zero-order valence-corrected chi connectivity index (χ0v) is 18.4. The van der Waals surface area contributed by atoms with Crippen LogP contribution in [0, 0.1) is 6.92 Å². The van der Waals surface area contributed by atoms with E-state index in [1.54, 1.807) is 6.33 Å². The van der Waals surface area contributed by atoms with Crippen LogP contribution in [0.2, 0.25) is 0 Å². The van der Waals surface area contributed by atoms with E-state index >= 15 is 0 Å². The second kappa shape index (κ2) is 9.30. The fourth-order valence-electron chi connectivity index (χ4n) is 4.32. The van der Waals surface area contributed by atoms with E-state index in [1.165, 1.54) is 32.1 Å². The molecule has 1 aliphatic carbocycles. The van der Waals surface area contributed by atoms with Gasteiger partial charge in [-0.2, -0.15) is 9.97 Å². The molecule has 4 aromatic rings. The number of aryl methyl sites for hydroxylation is 1. The van der Waals surface area contributed by atoms with Crippen molar-refractivity contribution in [3.8, 4) is 0 Å². The number of imidazole rings is 1. The van der Waals surface area contributed by atoms with Crippen molar-refractivity contribution in [2.24, 2.45) is 0 Å². The van der Waals surface area contributed by atoms with Gasteiger partial charge in [0.05, 0.1) is 6.33 Å². The first-order chi connectivity index (χ1) is 15.7. The fraction of sp³-hybridized carbons (Fsp3) is 0.375. The van der Waals surface area contributed by atoms with E-state index in [4.69, 9.17) is 4.98 Å². The van der Waals surface area contributed by atoms with Gasteiger partial charge in [0.25, 0.3) is 0 Å². The van der Waals surface area contributed by atoms with Gasteiger partial charge in [-0.25, -0.2) is 4.98 Å². The smallest absolute Gasteiger partial charge is 0.231 e. The minimum atomic E-state index is 0.455. The van der Waals surface area contributed by atoms with Crippen molar-refractivity contribution in [2.45, 2.75) is 51.6 Å². The summed E-state index contributed by atoms with van der Waals surface area (Å²) in [6.45, 7) is 3.89. The van der Waals surface area contributed by atoms with Gasteiger partial charge in [-0.3, -0.25) is 0 Å². The van der Waals surface area contributed by atoms with E-state index in [2.05, 4.69) is 73.0 Å². The van der Waals surface area contributed by atoms with E-state index in [-0.39, 0.29) is 0 Å². The van der Waals surface area contributed by atoms with Crippen molar-refractivity contribution in [3.05, 3.63) is 54.6 Å². The Hall–Kier alpha value is -3.55. The van der Waals surface area contributed by atoms with Gasteiger partial charge in [-0.05, 0) is 55.7 Å². The molecule has 0 amide bonds. The number of aromatic amines is 1. The molecular formula is C24H30N8. The molecule has 32 heavy (non-hydrogen) atoms. The summed E-state index contributed by atoms with van der Waals surface area (Å²) in [6, 6.07) is 10.8. The van der Waals surface area contributed by atoms with Crippen LogP contribution in [0.5, 0.6) is 0 Å². The molecule has 1 fully saturated rings. The number of anilines is 4. The van der Waals surface area contributed by atoms with Gasteiger partial charge in [0, 0.05) is 42.9 Å². The van der Waals surface area contributed by atoms with Gasteiger partial charge in [-0.1, -0.05) is 19.3 Å². The molecule has 8 heteroatoms. The van der Waals surface area contributed by atoms with Crippen LogP contribution in [0.25, 0.3) is 11.2 Å². The second-order valence-corrected chi connectivity index (χ2v) is 8.48. The van der Waals surface area contributed by atoms with Crippen LogP contribution < -0.4 is 16.0 Å². The van der Waals surface area contributed by atoms with Crippen molar-refractivity contribution in [1.82, 2.24) is 24.5 Å². The summed E-state index contributed by atoms with van der Waals surface area (Å²) in [7, 11) is 0. The summed E-state index contributed by atoms with van der Waals surface area (Å²) >= 11 is 0. The molecule has 1 aliphatic rings. The average molecular weight is 431 g/mol. The molecule has 5 rings (SSSR count). The Balaban J connectivity index is 1.29. The first kappa shape index (κ1) is 20.4. The van der Waals surface area contributed by atoms with Crippen LogP contribution in [-0.2, 0) is 6.54 Å². The molecule has 1 aromatic carbocycles. The molecule has 0 bridgehead atoms. The highest BCUT2D eigenvalue weighted by molar-refractivity contribution is 5.84. The number of nitrogens with one attached hydrogen (secondary N) is 4. The van der Waals surface area contributed by atoms with Crippen molar-refractivity contribution < 1.29 is 0 Å². The number of rotatable bonds is 8. The van der Waals surface area contributed by atoms with Crippen LogP contribution in [0.1, 0.15) is 37.7 Å². The number of nitrogens with zero attached hydrogens (tertiary/aromatic N) is 4. The van der Waals surface area contributed by atoms with Gasteiger partial charge < -0.3 is 25.5 Å². The Morgan fingerprint density at radius 2 is 1.94 bits per heavy atom. The standard InChI is InChI=1S/C24H30N8/c1-17-15-19(25-11-14-32-12-5-6-13-32)9-10-20(17)29-24-30-22-21(26-16-27-22)23(31-24)28-18-7-3-2-4-8-18/h5-6,9-10,12-13,15-16,18,25H,2-4,7-8,11,14H2,1H3,(H3,26,27,28,29,30,31). The molecule has 1 saturated carbocycles. The summed E-state index contributed by atoms with van der Waals surface area (Å²) in [4.78, 5) is 16.9. The molecule has 0 atom stereocenters. The summed E-state index contributed by atoms with van der Waals surface area (Å²) in [5.74, 6) is 1.38. The van der Waals surface area contributed by atoms with Gasteiger partial charge in [-0.15, -0.1) is 0 Å². The summed E-state index contributed by atoms with van der Waals surface area (Å²) < 4.78 is 2.16. The molecule has 0 saturated heterocycles. The van der Waals surface area contributed by atoms with E-state index < -0.39 is 0 Å². The first-order valence-electron chi connectivity index (χ1n) is 11.4. The lowest BCUT2D eigenvalue weighted by molar-refractivity contribution is 0.462. The lowest BCUT2D eigenvalue weighted by Crippen LogP contribution is -2.23. The third-order valence-electron chi connectivity index (χ3n) is 6.07. The number of fused-ring (bicyclic) bond motifs is 1. The number of H-pyrrole nitrogens is 1. The molecular weight excluding hydrogens is 400 g/mol. The Kier molecular flexibility index (Phi) is 5.91. The third-order valence-corrected chi connectivity index (χ3v) is 6.07. The molecule has 166 valence electrons. The first-order valence-corrected chi connectivity index (χ1v) is 11.4. The van der Waals surface area contributed by atoms with E-state index in [9.17, 15) is 0 Å². The maximum absolute atomic E-state index is 4.78. The minimum absolute atomic E-state index is 0.455. The molecule has 3 aromatic heterocycles. The maximum Gasteiger partial charge on any atom is 0.231 e. The molecule has 8 nitrogen and oxygen atoms in total. The number of benzene rings is 1. The fourth-order valence-corrected chi connectivity index (χ4v) is 4.32. The number of aromatic nitrogens is 5. The zero-order chi connectivity index (χ0) is 21.8. The molecule has 3 heterocycles. The summed E-state index contributed by atoms with van der Waals surface area (Å²) in [6.07, 6.45) is 12.1. The van der Waals surface area contributed by atoms with Crippen LogP contribution in [0.4, 0.5) is 23.1 Å². The quantitative estimate of drug-likeness (QED) is 0.312. The van der Waals surface area contributed by atoms with Crippen molar-refractivity contribution >= 4 is 34.3 Å². The Morgan fingerprint density at radius 3 is 2.75 bits per heavy atom. The third kappa shape index (κ3) is 4.69. The second-order valence-electron chi connectivity index (χ2n) is 8.48. The SMILES string of the molecule is Cc1cc(NCCn2cccc2)ccc1Nc1nc(NC2CCCCC2)c2[nH]cnc2n1. The lowest BCUT2D eigenvalue weighted by Gasteiger charge is -2.23. The van der Waals surface area contributed by atoms with Crippen molar-refractivity contribution in [3.63, 3.8) is 0 Å². The predicted octanol–water partition coefficient (Wildman–Crippen LogP) is 5.06. The highest BCUT2D eigenvalue weighted by atomic mass is 15.2. The highest BCUT2D eigenvalue weighted by Crippen LogP contribution is 2.27. The molecule has 0 spiro atoms. The Labute approximate surface area is 187 Å². The van der Waals surface area contributed by atoms with Crippen LogP contribution in [-0.4, -0.2) is 37.1 Å². The van der Waals surface area contributed by atoms with Crippen molar-refractivity contribution in [1.29, 1.82) is 0 Å². The predicted molar refractivity (Wildman–Crippen MR) is 130 cm³/mol. The molecule has 0 radical (unpaired) electrons. The Morgan fingerprint density at radius 1 is 1.09 bits per heavy atom. The van der Waals surface area contributed by atoms with Gasteiger partial charge in [0.15, 0.2) is 11.5 Å². The topological polar surface area (TPSA) is 95.5 Å². The summed E-state index contributed by atoms with van der Waals surface area (Å²) in [5, 5.41) is 10.5. The molecule has 4 N–H and O–H groups in total. The largest absolute Gasteiger partial charge is 0.383 e. The summed E-state index contributed by atoms with van der Waals surface area (Å²) in [5.41, 5.74) is 4.74. The normalized spacial score (nSPS) is 14.5. The van der Waals surface area contributed by atoms with Gasteiger partial charge in [0.2, 0.25) is 5.95 Å². The molecule has 0 unspecified atom stereocenters. The molecule has 0 aliphatic heterocycles. The minimum Gasteiger partial charge on any atom is -0.383 e. The van der Waals surface area contributed by atoms with E-state index in [1.807, 2.05) is 12.1 Å². The zero-order valence-electron chi connectivity index (χ0n) is 18.4. The van der Waals surface area contributed by atoms with E-state index in [0.717, 1.165) is 41.4 Å². The van der Waals surface area contributed by atoms with Gasteiger partial charge >= 0.3 is 0 Å². The lowest BCUT2D eigenvalue weighted by atomic mass is 9.95. The van der Waals surface area contributed by atoms with Crippen molar-refractivity contribution in [2.75, 3.05) is 22.5 Å². The monoisotopic (exact) mass is 430 g/mol. The number of hydrogen-bond donors (Lipinski definition) is 4. The average Bonchev–Trinajstić information content (AvgIpc) is 3.49. The maximum atomic E-state index is 4.78. The number of hydrogen-bond acceptors (Lipinski definition) is 6. The van der Waals surface area contributed by atoms with E-state index in [0.29, 0.717) is 17.6 Å². The van der Waals surface area contributed by atoms with Crippen LogP contribution >= 0.6 is 0 Å². The highest BCUT2D eigenvalue weighted by Gasteiger charge is 2.17. The van der Waals surface area contributed by atoms with Crippen LogP contribution in [0.15, 0.2) is 49.1 Å². The van der Waals surface area contributed by atoms with Crippen LogP contribution in [0.3, 0.4) is 0 Å².